The van der Waals surface area contributed by atoms with E-state index in [1.54, 1.807) is 24.3 Å². The predicted molar refractivity (Wildman–Crippen MR) is 109 cm³/mol. The van der Waals surface area contributed by atoms with E-state index in [0.717, 1.165) is 12.0 Å². The molecule has 2 N–H and O–H groups in total. The van der Waals surface area contributed by atoms with Gasteiger partial charge in [0.25, 0.3) is 5.69 Å². The average Bonchev–Trinajstić information content (AvgIpc) is 3.22. The Labute approximate surface area is 170 Å². The lowest BCUT2D eigenvalue weighted by atomic mass is 10.1. The van der Waals surface area contributed by atoms with Gasteiger partial charge >= 0.3 is 5.97 Å². The molecule has 0 spiro atoms. The van der Waals surface area contributed by atoms with Crippen LogP contribution in [0.25, 0.3) is 11.3 Å². The normalized spacial score (nSPS) is 15.5. The predicted octanol–water partition coefficient (Wildman–Crippen LogP) is 3.78. The molecule has 3 rings (SSSR count). The van der Waals surface area contributed by atoms with E-state index in [1.807, 2.05) is 6.92 Å². The number of nitrogens with one attached hydrogen (secondary N) is 1. The van der Waals surface area contributed by atoms with E-state index < -0.39 is 10.9 Å². The van der Waals surface area contributed by atoms with E-state index in [1.165, 1.54) is 23.9 Å². The molecule has 0 aliphatic carbocycles. The molecule has 2 aromatic rings. The van der Waals surface area contributed by atoms with Gasteiger partial charge < -0.3 is 14.8 Å². The van der Waals surface area contributed by atoms with Crippen molar-refractivity contribution in [3.63, 3.8) is 0 Å². The van der Waals surface area contributed by atoms with Gasteiger partial charge in [0.2, 0.25) is 5.91 Å². The Morgan fingerprint density at radius 2 is 2.00 bits per heavy atom. The number of carbonyl (C=O) groups is 2. The van der Waals surface area contributed by atoms with Crippen LogP contribution < -0.4 is 5.32 Å². The molecule has 0 saturated carbocycles. The van der Waals surface area contributed by atoms with E-state index in [4.69, 9.17) is 21.7 Å². The number of carboxylic acids is 1. The number of hydrogen-bond donors (Lipinski definition) is 2. The van der Waals surface area contributed by atoms with Crippen molar-refractivity contribution in [3.8, 4) is 11.3 Å². The van der Waals surface area contributed by atoms with Crippen LogP contribution in [0.15, 0.2) is 40.8 Å². The Morgan fingerprint density at radius 1 is 1.32 bits per heavy atom. The molecule has 10 heteroatoms. The topological polar surface area (TPSA) is 123 Å². The van der Waals surface area contributed by atoms with Gasteiger partial charge in [0.1, 0.15) is 15.8 Å². The van der Waals surface area contributed by atoms with Gasteiger partial charge in [-0.1, -0.05) is 30.9 Å². The van der Waals surface area contributed by atoms with E-state index in [9.17, 15) is 19.7 Å². The van der Waals surface area contributed by atoms with Crippen molar-refractivity contribution < 1.29 is 24.0 Å². The first-order valence-electron chi connectivity index (χ1n) is 8.37. The number of amides is 1. The maximum absolute atomic E-state index is 11.6. The minimum absolute atomic E-state index is 0.0306. The third-order valence-corrected chi connectivity index (χ3v) is 5.01. The number of nitro groups is 1. The lowest BCUT2D eigenvalue weighted by Gasteiger charge is -2.02. The number of hydrogen-bond acceptors (Lipinski definition) is 7. The Morgan fingerprint density at radius 3 is 2.46 bits per heavy atom. The summed E-state index contributed by atoms with van der Waals surface area (Å²) in [5.41, 5.74) is 0.777. The second-order valence-corrected chi connectivity index (χ2v) is 7.68. The van der Waals surface area contributed by atoms with Crippen LogP contribution >= 0.6 is 24.0 Å². The van der Waals surface area contributed by atoms with Crippen LogP contribution in [-0.4, -0.2) is 31.5 Å². The third-order valence-electron chi connectivity index (χ3n) is 3.64. The lowest BCUT2D eigenvalue weighted by molar-refractivity contribution is -0.384. The summed E-state index contributed by atoms with van der Waals surface area (Å²) >= 11 is 6.26. The molecule has 1 saturated heterocycles. The minimum atomic E-state index is -0.711. The fourth-order valence-corrected chi connectivity index (χ4v) is 3.59. The highest BCUT2D eigenvalue weighted by atomic mass is 32.2. The van der Waals surface area contributed by atoms with Gasteiger partial charge in [-0.05, 0) is 30.7 Å². The number of thioether (sulfide) groups is 1. The van der Waals surface area contributed by atoms with Crippen molar-refractivity contribution in [2.45, 2.75) is 31.4 Å². The number of nitrogens with zero attached hydrogens (tertiary/aromatic N) is 1. The van der Waals surface area contributed by atoms with Gasteiger partial charge in [-0.2, -0.15) is 0 Å². The molecule has 1 aliphatic heterocycles. The van der Waals surface area contributed by atoms with Crippen molar-refractivity contribution in [2.75, 3.05) is 0 Å². The van der Waals surface area contributed by atoms with Crippen molar-refractivity contribution in [3.05, 3.63) is 52.3 Å². The Bertz CT molecular complexity index is 878. The minimum Gasteiger partial charge on any atom is -0.481 e. The smallest absolute Gasteiger partial charge is 0.303 e. The van der Waals surface area contributed by atoms with Crippen molar-refractivity contribution in [1.82, 2.24) is 5.32 Å². The molecule has 148 valence electrons. The van der Waals surface area contributed by atoms with Crippen LogP contribution in [-0.2, 0) is 16.0 Å². The molecule has 2 heterocycles. The number of carboxylic acid groups (broad SMARTS) is 1. The standard InChI is InChI=1S/C14H10N2O4S2.C4H8O2/c17-13-12(22-14(21)15-13)7-10-5-6-11(20-10)8-1-3-9(4-2-8)16(18)19;1-2-3-4(5)6/h1-6,12H,7H2,(H,15,17,21);2-3H2,1H3,(H,5,6). The number of carbonyl (C=O) groups excluding carboxylic acids is 1. The number of aliphatic carboxylic acids is 1. The number of rotatable bonds is 6. The Kier molecular flexibility index (Phi) is 7.70. The molecule has 0 bridgehead atoms. The molecule has 8 nitrogen and oxygen atoms in total. The van der Waals surface area contributed by atoms with Crippen molar-refractivity contribution >= 4 is 45.9 Å². The maximum Gasteiger partial charge on any atom is 0.303 e. The van der Waals surface area contributed by atoms with Gasteiger partial charge in [0, 0.05) is 30.5 Å². The van der Waals surface area contributed by atoms with Crippen LogP contribution in [0.5, 0.6) is 0 Å². The molecule has 1 aliphatic rings. The quantitative estimate of drug-likeness (QED) is 0.410. The van der Waals surface area contributed by atoms with Gasteiger partial charge in [-0.25, -0.2) is 0 Å². The highest BCUT2D eigenvalue weighted by molar-refractivity contribution is 8.24. The molecule has 1 aromatic carbocycles. The average molecular weight is 422 g/mol. The number of furan rings is 1. The summed E-state index contributed by atoms with van der Waals surface area (Å²) in [5, 5.41) is 20.9. The molecule has 1 amide bonds. The number of thiocarbonyl (C=S) groups is 1. The van der Waals surface area contributed by atoms with Crippen LogP contribution in [0.4, 0.5) is 5.69 Å². The zero-order valence-electron chi connectivity index (χ0n) is 14.9. The van der Waals surface area contributed by atoms with Crippen LogP contribution in [0.3, 0.4) is 0 Å². The van der Waals surface area contributed by atoms with Gasteiger partial charge in [0.05, 0.1) is 10.2 Å². The molecule has 28 heavy (non-hydrogen) atoms. The number of non-ortho nitro benzene ring substituents is 1. The highest BCUT2D eigenvalue weighted by Crippen LogP contribution is 2.28. The summed E-state index contributed by atoms with van der Waals surface area (Å²) in [4.78, 5) is 31.4. The van der Waals surface area contributed by atoms with Crippen molar-refractivity contribution in [1.29, 1.82) is 0 Å². The van der Waals surface area contributed by atoms with Crippen LogP contribution in [0, 0.1) is 10.1 Å². The zero-order chi connectivity index (χ0) is 20.7. The molecular weight excluding hydrogens is 404 g/mol. The third kappa shape index (κ3) is 6.17. The Hall–Kier alpha value is -2.72. The lowest BCUT2D eigenvalue weighted by Crippen LogP contribution is -2.25. The van der Waals surface area contributed by atoms with Crippen molar-refractivity contribution in [2.24, 2.45) is 0 Å². The first-order valence-corrected chi connectivity index (χ1v) is 9.65. The molecule has 1 unspecified atom stereocenters. The Balaban J connectivity index is 0.000000409. The van der Waals surface area contributed by atoms with Gasteiger partial charge in [-0.3, -0.25) is 19.7 Å². The fourth-order valence-electron chi connectivity index (χ4n) is 2.31. The summed E-state index contributed by atoms with van der Waals surface area (Å²) < 4.78 is 6.19. The molecular formula is C18H18N2O6S2. The van der Waals surface area contributed by atoms with Crippen LogP contribution in [0.2, 0.25) is 0 Å². The summed E-state index contributed by atoms with van der Waals surface area (Å²) in [6, 6.07) is 9.70. The summed E-state index contributed by atoms with van der Waals surface area (Å²) in [6.07, 6.45) is 1.47. The van der Waals surface area contributed by atoms with Gasteiger partial charge in [0.15, 0.2) is 0 Å². The number of nitro benzene ring substituents is 1. The van der Waals surface area contributed by atoms with E-state index in [0.29, 0.717) is 28.7 Å². The SMILES string of the molecule is CCCC(=O)O.O=C1NC(=S)SC1Cc1ccc(-c2ccc([N+](=O)[O-])cc2)o1. The molecule has 0 radical (unpaired) electrons. The molecule has 1 atom stereocenters. The molecule has 1 aromatic heterocycles. The number of benzene rings is 1. The van der Waals surface area contributed by atoms with E-state index in [-0.39, 0.29) is 16.8 Å². The highest BCUT2D eigenvalue weighted by Gasteiger charge is 2.30. The second kappa shape index (κ2) is 10.00. The largest absolute Gasteiger partial charge is 0.481 e. The van der Waals surface area contributed by atoms with E-state index >= 15 is 0 Å². The molecule has 1 fully saturated rings. The van der Waals surface area contributed by atoms with E-state index in [2.05, 4.69) is 5.32 Å². The second-order valence-electron chi connectivity index (χ2n) is 5.80. The summed E-state index contributed by atoms with van der Waals surface area (Å²) in [7, 11) is 0. The maximum atomic E-state index is 11.6. The van der Waals surface area contributed by atoms with Crippen LogP contribution in [0.1, 0.15) is 25.5 Å². The fraction of sp³-hybridized carbons (Fsp3) is 0.278. The summed E-state index contributed by atoms with van der Waals surface area (Å²) in [6.45, 7) is 1.84. The zero-order valence-corrected chi connectivity index (χ0v) is 16.5. The van der Waals surface area contributed by atoms with Gasteiger partial charge in [-0.15, -0.1) is 0 Å². The first-order chi connectivity index (χ1) is 13.3. The first kappa shape index (κ1) is 21.6. The summed E-state index contributed by atoms with van der Waals surface area (Å²) in [5.74, 6) is 0.461. The monoisotopic (exact) mass is 422 g/mol.